The molecule has 1 aliphatic heterocycles. The Morgan fingerprint density at radius 1 is 1.05 bits per heavy atom. The van der Waals surface area contributed by atoms with Gasteiger partial charge in [0.15, 0.2) is 6.61 Å². The Morgan fingerprint density at radius 2 is 1.82 bits per heavy atom. The molecule has 0 bridgehead atoms. The molecule has 1 N–H and O–H groups in total. The Balaban J connectivity index is 1.49. The van der Waals surface area contributed by atoms with Crippen LogP contribution in [0.2, 0.25) is 5.02 Å². The van der Waals surface area contributed by atoms with Crippen molar-refractivity contribution in [3.63, 3.8) is 0 Å². The number of carbonyl (C=O) groups excluding carboxylic acids is 1. The van der Waals surface area contributed by atoms with Crippen molar-refractivity contribution in [2.24, 2.45) is 0 Å². The monoisotopic (exact) mass is 605 g/mol. The van der Waals surface area contributed by atoms with Gasteiger partial charge in [0.05, 0.1) is 16.4 Å². The molecule has 0 atom stereocenters. The second-order valence-corrected chi connectivity index (χ2v) is 10.4. The van der Waals surface area contributed by atoms with Crippen LogP contribution >= 0.6 is 27.5 Å². The fourth-order valence-corrected chi connectivity index (χ4v) is 5.13. The molecule has 0 saturated carbocycles. The summed E-state index contributed by atoms with van der Waals surface area (Å²) in [5.41, 5.74) is 3.24. The fraction of sp³-hybridized carbons (Fsp3) is 0.207. The summed E-state index contributed by atoms with van der Waals surface area (Å²) in [6, 6.07) is 24.2. The van der Waals surface area contributed by atoms with E-state index in [-0.39, 0.29) is 18.2 Å². The second kappa shape index (κ2) is 11.9. The summed E-state index contributed by atoms with van der Waals surface area (Å²) in [6.45, 7) is 2.41. The van der Waals surface area contributed by atoms with Crippen molar-refractivity contribution < 1.29 is 9.53 Å². The number of benzene rings is 3. The van der Waals surface area contributed by atoms with Crippen molar-refractivity contribution in [3.8, 4) is 17.5 Å². The first kappa shape index (κ1) is 26.8. The van der Waals surface area contributed by atoms with Crippen LogP contribution in [0.15, 0.2) is 82.1 Å². The number of carbonyl (C=O) groups is 1. The van der Waals surface area contributed by atoms with Crippen molar-refractivity contribution in [1.82, 2.24) is 19.4 Å². The van der Waals surface area contributed by atoms with Gasteiger partial charge >= 0.3 is 5.69 Å². The van der Waals surface area contributed by atoms with E-state index in [1.54, 1.807) is 28.8 Å². The van der Waals surface area contributed by atoms with Gasteiger partial charge < -0.3 is 10.1 Å². The standard InChI is InChI=1S/C29H25BrClN5O3/c30-24-11-6-21(16-25(24)31)18-34-13-14-35-26(19-34)27(28(37)33-17-20-4-2-1-3-5-20)36(29(35)38)22-7-9-23(10-8-22)39-15-12-32/h1-11,16H,13-15,17-19H2,(H,33,37). The number of nitrogens with one attached hydrogen (secondary N) is 1. The lowest BCUT2D eigenvalue weighted by Gasteiger charge is -2.28. The van der Waals surface area contributed by atoms with E-state index in [0.29, 0.717) is 60.6 Å². The minimum absolute atomic E-state index is 0.0770. The average molecular weight is 607 g/mol. The van der Waals surface area contributed by atoms with Crippen LogP contribution in [0, 0.1) is 11.3 Å². The third kappa shape index (κ3) is 5.93. The normalized spacial score (nSPS) is 12.9. The quantitative estimate of drug-likeness (QED) is 0.308. The number of hydrogen-bond donors (Lipinski definition) is 1. The summed E-state index contributed by atoms with van der Waals surface area (Å²) in [6.07, 6.45) is 0. The summed E-state index contributed by atoms with van der Waals surface area (Å²) >= 11 is 9.73. The molecule has 4 aromatic rings. The number of halogens is 2. The van der Waals surface area contributed by atoms with Gasteiger partial charge in [-0.05, 0) is 63.5 Å². The number of rotatable bonds is 8. The van der Waals surface area contributed by atoms with E-state index in [0.717, 1.165) is 15.6 Å². The van der Waals surface area contributed by atoms with E-state index in [1.807, 2.05) is 54.6 Å². The van der Waals surface area contributed by atoms with Crippen LogP contribution in [0.3, 0.4) is 0 Å². The number of aromatic nitrogens is 2. The zero-order valence-electron chi connectivity index (χ0n) is 20.9. The molecule has 8 nitrogen and oxygen atoms in total. The van der Waals surface area contributed by atoms with Gasteiger partial charge in [0.1, 0.15) is 17.5 Å². The SMILES string of the molecule is N#CCOc1ccc(-n2c(C(=O)NCc3ccccc3)c3n(c2=O)CCN(Cc2ccc(Br)c(Cl)c2)C3)cc1. The van der Waals surface area contributed by atoms with Crippen LogP contribution in [0.1, 0.15) is 27.3 Å². The van der Waals surface area contributed by atoms with Crippen LogP contribution in [0.4, 0.5) is 0 Å². The molecule has 0 aliphatic carbocycles. The Labute approximate surface area is 239 Å². The van der Waals surface area contributed by atoms with Crippen LogP contribution in [-0.4, -0.2) is 33.1 Å². The number of fused-ring (bicyclic) bond motifs is 1. The Bertz CT molecular complexity index is 1590. The summed E-state index contributed by atoms with van der Waals surface area (Å²) in [5, 5.41) is 12.4. The lowest BCUT2D eigenvalue weighted by Crippen LogP contribution is -2.37. The highest BCUT2D eigenvalue weighted by Crippen LogP contribution is 2.26. The van der Waals surface area contributed by atoms with Gasteiger partial charge in [-0.25, -0.2) is 4.79 Å². The first-order chi connectivity index (χ1) is 18.9. The minimum atomic E-state index is -0.331. The molecule has 198 valence electrons. The smallest absolute Gasteiger partial charge is 0.333 e. The lowest BCUT2D eigenvalue weighted by molar-refractivity contribution is 0.0940. The molecule has 5 rings (SSSR count). The second-order valence-electron chi connectivity index (χ2n) is 9.13. The number of ether oxygens (including phenoxy) is 1. The third-order valence-electron chi connectivity index (χ3n) is 6.56. The fourth-order valence-electron chi connectivity index (χ4n) is 4.68. The topological polar surface area (TPSA) is 92.3 Å². The highest BCUT2D eigenvalue weighted by Gasteiger charge is 2.30. The molecule has 3 aromatic carbocycles. The number of nitriles is 1. The zero-order valence-corrected chi connectivity index (χ0v) is 23.3. The van der Waals surface area contributed by atoms with Gasteiger partial charge in [-0.3, -0.25) is 18.8 Å². The Morgan fingerprint density at radius 3 is 2.54 bits per heavy atom. The molecule has 10 heteroatoms. The molecule has 1 amide bonds. The van der Waals surface area contributed by atoms with Crippen LogP contribution < -0.4 is 15.7 Å². The molecule has 39 heavy (non-hydrogen) atoms. The molecular weight excluding hydrogens is 582 g/mol. The van der Waals surface area contributed by atoms with Gasteiger partial charge in [-0.2, -0.15) is 5.26 Å². The van der Waals surface area contributed by atoms with Gasteiger partial charge in [0, 0.05) is 37.2 Å². The molecule has 0 saturated heterocycles. The van der Waals surface area contributed by atoms with Gasteiger partial charge in [0.25, 0.3) is 5.91 Å². The predicted octanol–water partition coefficient (Wildman–Crippen LogP) is 4.90. The maximum absolute atomic E-state index is 13.7. The minimum Gasteiger partial charge on any atom is -0.479 e. The zero-order chi connectivity index (χ0) is 27.4. The number of imidazole rings is 1. The number of hydrogen-bond acceptors (Lipinski definition) is 5. The Kier molecular flexibility index (Phi) is 8.17. The van der Waals surface area contributed by atoms with Crippen LogP contribution in [0.5, 0.6) is 5.75 Å². The van der Waals surface area contributed by atoms with Gasteiger partial charge in [-0.1, -0.05) is 48.0 Å². The van der Waals surface area contributed by atoms with Crippen molar-refractivity contribution in [2.45, 2.75) is 26.2 Å². The molecular formula is C29H25BrClN5O3. The summed E-state index contributed by atoms with van der Waals surface area (Å²) in [5.74, 6) is 0.176. The maximum Gasteiger partial charge on any atom is 0.333 e. The molecule has 0 unspecified atom stereocenters. The van der Waals surface area contributed by atoms with E-state index < -0.39 is 0 Å². The van der Waals surface area contributed by atoms with E-state index in [1.165, 1.54) is 4.57 Å². The largest absolute Gasteiger partial charge is 0.479 e. The molecule has 0 spiro atoms. The molecule has 0 radical (unpaired) electrons. The van der Waals surface area contributed by atoms with Crippen LogP contribution in [-0.2, 0) is 26.2 Å². The highest BCUT2D eigenvalue weighted by atomic mass is 79.9. The van der Waals surface area contributed by atoms with Crippen LogP contribution in [0.25, 0.3) is 5.69 Å². The average Bonchev–Trinajstić information content (AvgIpc) is 3.25. The number of nitrogens with zero attached hydrogens (tertiary/aromatic N) is 4. The van der Waals surface area contributed by atoms with Gasteiger partial charge in [-0.15, -0.1) is 0 Å². The molecule has 0 fully saturated rings. The molecule has 1 aliphatic rings. The molecule has 2 heterocycles. The Hall–Kier alpha value is -3.84. The number of amides is 1. The highest BCUT2D eigenvalue weighted by molar-refractivity contribution is 9.10. The first-order valence-electron chi connectivity index (χ1n) is 12.4. The van der Waals surface area contributed by atoms with Crippen molar-refractivity contribution >= 4 is 33.4 Å². The van der Waals surface area contributed by atoms with Gasteiger partial charge in [0.2, 0.25) is 0 Å². The molecule has 1 aromatic heterocycles. The third-order valence-corrected chi connectivity index (χ3v) is 7.79. The summed E-state index contributed by atoms with van der Waals surface area (Å²) < 4.78 is 9.33. The van der Waals surface area contributed by atoms with Crippen molar-refractivity contribution in [2.75, 3.05) is 13.2 Å². The maximum atomic E-state index is 13.7. The van der Waals surface area contributed by atoms with E-state index in [9.17, 15) is 9.59 Å². The lowest BCUT2D eigenvalue weighted by atomic mass is 10.1. The van der Waals surface area contributed by atoms with E-state index in [4.69, 9.17) is 21.6 Å². The van der Waals surface area contributed by atoms with E-state index >= 15 is 0 Å². The van der Waals surface area contributed by atoms with Crippen molar-refractivity contribution in [3.05, 3.63) is 115 Å². The van der Waals surface area contributed by atoms with Crippen molar-refractivity contribution in [1.29, 1.82) is 5.26 Å². The summed E-state index contributed by atoms with van der Waals surface area (Å²) in [4.78, 5) is 29.5. The predicted molar refractivity (Wildman–Crippen MR) is 152 cm³/mol. The summed E-state index contributed by atoms with van der Waals surface area (Å²) in [7, 11) is 0. The first-order valence-corrected chi connectivity index (χ1v) is 13.5. The van der Waals surface area contributed by atoms with E-state index in [2.05, 4.69) is 26.1 Å².